The number of carbonyl (C=O) groups is 1. The molecular weight excluding hydrogens is 286 g/mol. The zero-order valence-electron chi connectivity index (χ0n) is 11.6. The third-order valence-electron chi connectivity index (χ3n) is 3.11. The molecule has 1 N–H and O–H groups in total. The van der Waals surface area contributed by atoms with Gasteiger partial charge in [0.05, 0.1) is 17.7 Å². The number of aryl methyl sites for hydroxylation is 1. The molecule has 6 heteroatoms. The monoisotopic (exact) mass is 301 g/mol. The smallest absolute Gasteiger partial charge is 0.287 e. The van der Waals surface area contributed by atoms with Gasteiger partial charge in [0.15, 0.2) is 5.76 Å². The molecule has 3 heterocycles. The molecule has 3 aromatic rings. The maximum absolute atomic E-state index is 11.7. The normalized spacial score (nSPS) is 10.7. The molecular formula is C15H15N3O2S. The van der Waals surface area contributed by atoms with Crippen LogP contribution in [-0.4, -0.2) is 22.2 Å². The number of hydrogen-bond acceptors (Lipinski definition) is 4. The number of nitrogens with one attached hydrogen (secondary N) is 1. The molecule has 21 heavy (non-hydrogen) atoms. The molecule has 0 aliphatic heterocycles. The van der Waals surface area contributed by atoms with Crippen molar-refractivity contribution in [3.05, 3.63) is 53.4 Å². The van der Waals surface area contributed by atoms with E-state index in [1.807, 2.05) is 23.1 Å². The number of furan rings is 1. The van der Waals surface area contributed by atoms with E-state index in [1.54, 1.807) is 23.5 Å². The molecule has 1 amide bonds. The average Bonchev–Trinajstić information content (AvgIpc) is 3.20. The summed E-state index contributed by atoms with van der Waals surface area (Å²) in [6.45, 7) is 3.15. The minimum Gasteiger partial charge on any atom is -0.459 e. The van der Waals surface area contributed by atoms with Crippen molar-refractivity contribution in [1.29, 1.82) is 0 Å². The molecule has 0 bridgehead atoms. The van der Waals surface area contributed by atoms with Gasteiger partial charge in [-0.15, -0.1) is 11.3 Å². The maximum Gasteiger partial charge on any atom is 0.287 e. The highest BCUT2D eigenvalue weighted by atomic mass is 32.1. The fraction of sp³-hybridized carbons (Fsp3) is 0.200. The van der Waals surface area contributed by atoms with Gasteiger partial charge in [0.25, 0.3) is 5.91 Å². The summed E-state index contributed by atoms with van der Waals surface area (Å²) in [5.74, 6) is 0.120. The van der Waals surface area contributed by atoms with Gasteiger partial charge in [-0.05, 0) is 36.6 Å². The number of aromatic nitrogens is 2. The van der Waals surface area contributed by atoms with E-state index in [0.29, 0.717) is 18.8 Å². The lowest BCUT2D eigenvalue weighted by Crippen LogP contribution is -2.27. The first-order valence-corrected chi connectivity index (χ1v) is 7.52. The van der Waals surface area contributed by atoms with Crippen LogP contribution in [0, 0.1) is 6.92 Å². The van der Waals surface area contributed by atoms with Gasteiger partial charge in [-0.3, -0.25) is 9.48 Å². The van der Waals surface area contributed by atoms with E-state index in [0.717, 1.165) is 16.3 Å². The summed E-state index contributed by atoms with van der Waals surface area (Å²) in [6, 6.07) is 9.46. The summed E-state index contributed by atoms with van der Waals surface area (Å²) in [5, 5.41) is 9.41. The van der Waals surface area contributed by atoms with Gasteiger partial charge in [0, 0.05) is 12.2 Å². The largest absolute Gasteiger partial charge is 0.459 e. The second-order valence-electron chi connectivity index (χ2n) is 4.60. The highest BCUT2D eigenvalue weighted by Crippen LogP contribution is 2.23. The Kier molecular flexibility index (Phi) is 3.87. The van der Waals surface area contributed by atoms with Crippen molar-refractivity contribution in [1.82, 2.24) is 15.1 Å². The number of rotatable bonds is 5. The Labute approximate surface area is 126 Å². The van der Waals surface area contributed by atoms with Crippen LogP contribution in [-0.2, 0) is 6.54 Å². The van der Waals surface area contributed by atoms with Crippen LogP contribution < -0.4 is 5.32 Å². The van der Waals surface area contributed by atoms with Gasteiger partial charge in [-0.2, -0.15) is 5.10 Å². The summed E-state index contributed by atoms with van der Waals surface area (Å²) >= 11 is 1.67. The predicted octanol–water partition coefficient (Wildman–Crippen LogP) is 2.94. The fourth-order valence-electron chi connectivity index (χ4n) is 2.05. The van der Waals surface area contributed by atoms with Crippen molar-refractivity contribution >= 4 is 17.2 Å². The van der Waals surface area contributed by atoms with E-state index in [4.69, 9.17) is 4.42 Å². The summed E-state index contributed by atoms with van der Waals surface area (Å²) in [4.78, 5) is 12.9. The van der Waals surface area contributed by atoms with Crippen LogP contribution in [0.4, 0.5) is 0 Å². The minimum absolute atomic E-state index is 0.205. The Hall–Kier alpha value is -2.34. The molecule has 0 unspecified atom stereocenters. The highest BCUT2D eigenvalue weighted by molar-refractivity contribution is 7.13. The second-order valence-corrected chi connectivity index (χ2v) is 5.55. The molecule has 0 fully saturated rings. The molecule has 108 valence electrons. The van der Waals surface area contributed by atoms with Crippen LogP contribution in [0.25, 0.3) is 10.6 Å². The predicted molar refractivity (Wildman–Crippen MR) is 81.3 cm³/mol. The van der Waals surface area contributed by atoms with E-state index in [-0.39, 0.29) is 5.91 Å². The van der Waals surface area contributed by atoms with Crippen molar-refractivity contribution in [3.63, 3.8) is 0 Å². The number of thiophene rings is 1. The quantitative estimate of drug-likeness (QED) is 0.788. The molecule has 0 atom stereocenters. The highest BCUT2D eigenvalue weighted by Gasteiger charge is 2.09. The van der Waals surface area contributed by atoms with Crippen LogP contribution >= 0.6 is 11.3 Å². The SMILES string of the molecule is Cc1cc(-c2cccs2)nn1CCNC(=O)c1ccco1. The third kappa shape index (κ3) is 3.05. The van der Waals surface area contributed by atoms with Gasteiger partial charge in [-0.25, -0.2) is 0 Å². The van der Waals surface area contributed by atoms with Gasteiger partial charge < -0.3 is 9.73 Å². The Morgan fingerprint density at radius 1 is 1.43 bits per heavy atom. The first-order chi connectivity index (χ1) is 10.2. The molecule has 3 rings (SSSR count). The van der Waals surface area contributed by atoms with Gasteiger partial charge in [0.1, 0.15) is 5.69 Å². The topological polar surface area (TPSA) is 60.1 Å². The zero-order chi connectivity index (χ0) is 14.7. The molecule has 0 aliphatic rings. The standard InChI is InChI=1S/C15H15N3O2S/c1-11-10-12(14-5-3-9-21-14)17-18(11)7-6-16-15(19)13-4-2-8-20-13/h2-5,8-10H,6-7H2,1H3,(H,16,19). The molecule has 5 nitrogen and oxygen atoms in total. The zero-order valence-corrected chi connectivity index (χ0v) is 12.4. The van der Waals surface area contributed by atoms with Crippen LogP contribution in [0.2, 0.25) is 0 Å². The van der Waals surface area contributed by atoms with Crippen molar-refractivity contribution < 1.29 is 9.21 Å². The van der Waals surface area contributed by atoms with Crippen LogP contribution in [0.3, 0.4) is 0 Å². The van der Waals surface area contributed by atoms with Gasteiger partial charge in [0.2, 0.25) is 0 Å². The lowest BCUT2D eigenvalue weighted by Gasteiger charge is -2.05. The minimum atomic E-state index is -0.205. The molecule has 0 saturated heterocycles. The van der Waals surface area contributed by atoms with Gasteiger partial charge in [-0.1, -0.05) is 6.07 Å². The first-order valence-electron chi connectivity index (χ1n) is 6.64. The lowest BCUT2D eigenvalue weighted by atomic mass is 10.3. The molecule has 3 aromatic heterocycles. The summed E-state index contributed by atoms with van der Waals surface area (Å²) in [5.41, 5.74) is 2.05. The molecule has 0 saturated carbocycles. The number of nitrogens with zero attached hydrogens (tertiary/aromatic N) is 2. The molecule has 0 spiro atoms. The first kappa shape index (κ1) is 13.6. The molecule has 0 radical (unpaired) electrons. The van der Waals surface area contributed by atoms with Gasteiger partial charge >= 0.3 is 0 Å². The lowest BCUT2D eigenvalue weighted by molar-refractivity contribution is 0.0924. The van der Waals surface area contributed by atoms with E-state index in [1.165, 1.54) is 6.26 Å². The van der Waals surface area contributed by atoms with Crippen LogP contribution in [0.1, 0.15) is 16.2 Å². The number of carbonyl (C=O) groups excluding carboxylic acids is 1. The number of hydrogen-bond donors (Lipinski definition) is 1. The Morgan fingerprint density at radius 3 is 3.05 bits per heavy atom. The maximum atomic E-state index is 11.7. The van der Waals surface area contributed by atoms with Crippen LogP contribution in [0.15, 0.2) is 46.4 Å². The average molecular weight is 301 g/mol. The van der Waals surface area contributed by atoms with E-state index in [9.17, 15) is 4.79 Å². The van der Waals surface area contributed by atoms with E-state index in [2.05, 4.69) is 22.5 Å². The van der Waals surface area contributed by atoms with E-state index < -0.39 is 0 Å². The van der Waals surface area contributed by atoms with Crippen LogP contribution in [0.5, 0.6) is 0 Å². The molecule has 0 aromatic carbocycles. The summed E-state index contributed by atoms with van der Waals surface area (Å²) in [7, 11) is 0. The Bertz CT molecular complexity index is 714. The fourth-order valence-corrected chi connectivity index (χ4v) is 2.73. The Morgan fingerprint density at radius 2 is 2.33 bits per heavy atom. The van der Waals surface area contributed by atoms with Crippen molar-refractivity contribution in [2.75, 3.05) is 6.54 Å². The summed E-state index contributed by atoms with van der Waals surface area (Å²) < 4.78 is 6.94. The second kappa shape index (κ2) is 5.97. The Balaban J connectivity index is 1.60. The van der Waals surface area contributed by atoms with E-state index >= 15 is 0 Å². The van der Waals surface area contributed by atoms with Crippen molar-refractivity contribution in [3.8, 4) is 10.6 Å². The third-order valence-corrected chi connectivity index (χ3v) is 4.00. The summed E-state index contributed by atoms with van der Waals surface area (Å²) in [6.07, 6.45) is 1.49. The number of amides is 1. The van der Waals surface area contributed by atoms with Crippen molar-refractivity contribution in [2.24, 2.45) is 0 Å². The van der Waals surface area contributed by atoms with Crippen molar-refractivity contribution in [2.45, 2.75) is 13.5 Å². The molecule has 0 aliphatic carbocycles.